The van der Waals surface area contributed by atoms with Gasteiger partial charge in [0.25, 0.3) is 0 Å². The van der Waals surface area contributed by atoms with E-state index in [-0.39, 0.29) is 24.5 Å². The third-order valence-corrected chi connectivity index (χ3v) is 5.15. The second-order valence-corrected chi connectivity index (χ2v) is 7.17. The molecule has 3 atom stereocenters. The van der Waals surface area contributed by atoms with Crippen molar-refractivity contribution in [2.24, 2.45) is 0 Å². The van der Waals surface area contributed by atoms with E-state index in [0.717, 1.165) is 4.90 Å². The van der Waals surface area contributed by atoms with Crippen LogP contribution in [0.5, 0.6) is 0 Å². The molecule has 0 aromatic heterocycles. The quantitative estimate of drug-likeness (QED) is 0.563. The number of nitrogens with one attached hydrogen (secondary N) is 1. The van der Waals surface area contributed by atoms with E-state index in [0.29, 0.717) is 6.42 Å². The molecule has 9 heteroatoms. The third kappa shape index (κ3) is 3.16. The maximum Gasteiger partial charge on any atom is 0.326 e. The standard InChI is InChI=1S/C10H16N2O6S/c13-7-3-8(9(14)15)12(4-7)10(16)11-6-1-2-19(17,18)5-6/h6-8,13H,1-5H2,(H,11,16)(H,14,15)/t6?,7-,8-/m1/s1. The molecule has 0 saturated carbocycles. The van der Waals surface area contributed by atoms with Gasteiger partial charge in [0.05, 0.1) is 17.6 Å². The zero-order valence-electron chi connectivity index (χ0n) is 10.2. The van der Waals surface area contributed by atoms with E-state index in [2.05, 4.69) is 5.32 Å². The van der Waals surface area contributed by atoms with Gasteiger partial charge in [-0.05, 0) is 6.42 Å². The van der Waals surface area contributed by atoms with Gasteiger partial charge in [0.15, 0.2) is 9.84 Å². The molecule has 0 aromatic rings. The van der Waals surface area contributed by atoms with Crippen molar-refractivity contribution in [3.8, 4) is 0 Å². The molecule has 1 unspecified atom stereocenters. The number of aliphatic carboxylic acids is 1. The lowest BCUT2D eigenvalue weighted by molar-refractivity contribution is -0.141. The number of carboxylic acid groups (broad SMARTS) is 1. The van der Waals surface area contributed by atoms with Crippen molar-refractivity contribution in [2.75, 3.05) is 18.1 Å². The summed E-state index contributed by atoms with van der Waals surface area (Å²) < 4.78 is 22.5. The maximum absolute atomic E-state index is 11.9. The van der Waals surface area contributed by atoms with Crippen molar-refractivity contribution >= 4 is 21.8 Å². The van der Waals surface area contributed by atoms with Gasteiger partial charge >= 0.3 is 12.0 Å². The molecule has 8 nitrogen and oxygen atoms in total. The number of hydrogen-bond acceptors (Lipinski definition) is 5. The summed E-state index contributed by atoms with van der Waals surface area (Å²) in [5.41, 5.74) is 0. The summed E-state index contributed by atoms with van der Waals surface area (Å²) in [5.74, 6) is -1.26. The van der Waals surface area contributed by atoms with Crippen LogP contribution in [0.4, 0.5) is 4.79 Å². The Balaban J connectivity index is 1.98. The fraction of sp³-hybridized carbons (Fsp3) is 0.800. The predicted molar refractivity (Wildman–Crippen MR) is 64.3 cm³/mol. The predicted octanol–water partition coefficient (Wildman–Crippen LogP) is -1.60. The van der Waals surface area contributed by atoms with Crippen LogP contribution in [-0.2, 0) is 14.6 Å². The molecule has 19 heavy (non-hydrogen) atoms. The Morgan fingerprint density at radius 2 is 2.00 bits per heavy atom. The number of aliphatic hydroxyl groups is 1. The third-order valence-electron chi connectivity index (χ3n) is 3.38. The fourth-order valence-corrected chi connectivity index (χ4v) is 4.11. The maximum atomic E-state index is 11.9. The monoisotopic (exact) mass is 292 g/mol. The molecule has 2 heterocycles. The normalized spacial score (nSPS) is 33.3. The van der Waals surface area contributed by atoms with E-state index in [1.165, 1.54) is 0 Å². The first-order valence-electron chi connectivity index (χ1n) is 5.97. The number of hydrogen-bond donors (Lipinski definition) is 3. The summed E-state index contributed by atoms with van der Waals surface area (Å²) >= 11 is 0. The van der Waals surface area contributed by atoms with Gasteiger partial charge in [0.2, 0.25) is 0 Å². The number of likely N-dealkylation sites (tertiary alicyclic amines) is 1. The van der Waals surface area contributed by atoms with Crippen molar-refractivity contribution in [3.63, 3.8) is 0 Å². The number of nitrogens with zero attached hydrogens (tertiary/aromatic N) is 1. The summed E-state index contributed by atoms with van der Waals surface area (Å²) in [6, 6.07) is -2.18. The first-order chi connectivity index (χ1) is 8.78. The lowest BCUT2D eigenvalue weighted by Crippen LogP contribution is -2.49. The van der Waals surface area contributed by atoms with E-state index in [1.54, 1.807) is 0 Å². The van der Waals surface area contributed by atoms with E-state index < -0.39 is 40.0 Å². The molecule has 0 spiro atoms. The van der Waals surface area contributed by atoms with Gasteiger partial charge in [0.1, 0.15) is 6.04 Å². The lowest BCUT2D eigenvalue weighted by Gasteiger charge is -2.23. The molecule has 0 radical (unpaired) electrons. The Hall–Kier alpha value is -1.35. The summed E-state index contributed by atoms with van der Waals surface area (Å²) in [6.07, 6.45) is -0.535. The summed E-state index contributed by atoms with van der Waals surface area (Å²) in [4.78, 5) is 23.9. The molecule has 3 N–H and O–H groups in total. The van der Waals surface area contributed by atoms with Crippen molar-refractivity contribution < 1.29 is 28.2 Å². The molecule has 2 aliphatic rings. The number of amides is 2. The highest BCUT2D eigenvalue weighted by Crippen LogP contribution is 2.19. The summed E-state index contributed by atoms with van der Waals surface area (Å²) in [6.45, 7) is -0.0533. The van der Waals surface area contributed by atoms with Gasteiger partial charge in [0, 0.05) is 19.0 Å². The second-order valence-electron chi connectivity index (χ2n) is 4.95. The smallest absolute Gasteiger partial charge is 0.326 e. The average molecular weight is 292 g/mol. The van der Waals surface area contributed by atoms with Crippen LogP contribution in [0.25, 0.3) is 0 Å². The van der Waals surface area contributed by atoms with E-state index in [4.69, 9.17) is 5.11 Å². The molecule has 2 saturated heterocycles. The number of carbonyl (C=O) groups is 2. The van der Waals surface area contributed by atoms with E-state index in [1.807, 2.05) is 0 Å². The molecule has 0 bridgehead atoms. The highest BCUT2D eigenvalue weighted by atomic mass is 32.2. The minimum atomic E-state index is -3.10. The Morgan fingerprint density at radius 1 is 1.32 bits per heavy atom. The number of sulfone groups is 1. The summed E-state index contributed by atoms with van der Waals surface area (Å²) in [7, 11) is -3.10. The topological polar surface area (TPSA) is 124 Å². The second kappa shape index (κ2) is 4.97. The first-order valence-corrected chi connectivity index (χ1v) is 7.79. The van der Waals surface area contributed by atoms with Gasteiger partial charge in [-0.25, -0.2) is 18.0 Å². The number of aliphatic hydroxyl groups excluding tert-OH is 1. The van der Waals surface area contributed by atoms with Gasteiger partial charge in [-0.1, -0.05) is 0 Å². The van der Waals surface area contributed by atoms with Crippen LogP contribution in [0.1, 0.15) is 12.8 Å². The van der Waals surface area contributed by atoms with Crippen LogP contribution < -0.4 is 5.32 Å². The van der Waals surface area contributed by atoms with Crippen LogP contribution >= 0.6 is 0 Å². The van der Waals surface area contributed by atoms with Gasteiger partial charge < -0.3 is 20.4 Å². The van der Waals surface area contributed by atoms with Gasteiger partial charge in [-0.2, -0.15) is 0 Å². The number of urea groups is 1. The van der Waals surface area contributed by atoms with Gasteiger partial charge in [-0.3, -0.25) is 0 Å². The van der Waals surface area contributed by atoms with Crippen molar-refractivity contribution in [1.82, 2.24) is 10.2 Å². The van der Waals surface area contributed by atoms with Crippen LogP contribution in [0.15, 0.2) is 0 Å². The Kier molecular flexibility index (Phi) is 3.68. The minimum Gasteiger partial charge on any atom is -0.480 e. The number of carboxylic acids is 1. The van der Waals surface area contributed by atoms with E-state index >= 15 is 0 Å². The van der Waals surface area contributed by atoms with Crippen molar-refractivity contribution in [3.05, 3.63) is 0 Å². The van der Waals surface area contributed by atoms with Crippen LogP contribution in [0, 0.1) is 0 Å². The van der Waals surface area contributed by atoms with E-state index in [9.17, 15) is 23.1 Å². The minimum absolute atomic E-state index is 0.00822. The zero-order valence-corrected chi connectivity index (χ0v) is 11.0. The van der Waals surface area contributed by atoms with Crippen molar-refractivity contribution in [2.45, 2.75) is 31.0 Å². The SMILES string of the molecule is O=C(O)[C@H]1C[C@@H](O)CN1C(=O)NC1CCS(=O)(=O)C1. The zero-order chi connectivity index (χ0) is 14.2. The van der Waals surface area contributed by atoms with Gasteiger partial charge in [-0.15, -0.1) is 0 Å². The fourth-order valence-electron chi connectivity index (χ4n) is 2.44. The van der Waals surface area contributed by atoms with Crippen LogP contribution in [0.3, 0.4) is 0 Å². The molecule has 0 aliphatic carbocycles. The molecule has 2 fully saturated rings. The van der Waals surface area contributed by atoms with Crippen molar-refractivity contribution in [1.29, 1.82) is 0 Å². The first kappa shape index (κ1) is 14.1. The van der Waals surface area contributed by atoms with Crippen LogP contribution in [0.2, 0.25) is 0 Å². The molecule has 2 aliphatic heterocycles. The molecule has 0 aromatic carbocycles. The number of carbonyl (C=O) groups excluding carboxylic acids is 1. The van der Waals surface area contributed by atoms with Crippen LogP contribution in [-0.4, -0.2) is 71.8 Å². The number of β-amino-alcohol motifs (C(OH)–C–C–N with tert-alkyl or cyclic N) is 1. The number of rotatable bonds is 2. The molecular weight excluding hydrogens is 276 g/mol. The lowest BCUT2D eigenvalue weighted by atomic mass is 10.2. The average Bonchev–Trinajstić information content (AvgIpc) is 2.82. The Bertz CT molecular complexity index is 490. The molecule has 2 amide bonds. The largest absolute Gasteiger partial charge is 0.480 e. The summed E-state index contributed by atoms with van der Waals surface area (Å²) in [5, 5.41) is 20.9. The molecule has 108 valence electrons. The highest BCUT2D eigenvalue weighted by Gasteiger charge is 2.40. The Labute approximate surface area is 110 Å². The molecular formula is C10H16N2O6S. The molecule has 2 rings (SSSR count). The highest BCUT2D eigenvalue weighted by molar-refractivity contribution is 7.91. The Morgan fingerprint density at radius 3 is 2.53 bits per heavy atom.